The van der Waals surface area contributed by atoms with Crippen LogP contribution in [0.25, 0.3) is 0 Å². The van der Waals surface area contributed by atoms with Gasteiger partial charge >= 0.3 is 5.97 Å². The standard InChI is InChI=1S/C13H13ClN2O3/c1-2-16-10(13(17)18)7-15-12(16)8-19-11-6-4-3-5-9(11)14/h3-7H,2,8H2,1H3,(H,17,18). The average Bonchev–Trinajstić information content (AvgIpc) is 2.81. The Morgan fingerprint density at radius 1 is 1.47 bits per heavy atom. The Hall–Kier alpha value is -2.01. The van der Waals surface area contributed by atoms with E-state index in [-0.39, 0.29) is 12.3 Å². The Kier molecular flexibility index (Phi) is 4.06. The number of imidazole rings is 1. The summed E-state index contributed by atoms with van der Waals surface area (Å²) in [6, 6.07) is 7.10. The first kappa shape index (κ1) is 13.4. The molecule has 19 heavy (non-hydrogen) atoms. The molecule has 0 bridgehead atoms. The van der Waals surface area contributed by atoms with Crippen LogP contribution in [0.2, 0.25) is 5.02 Å². The summed E-state index contributed by atoms with van der Waals surface area (Å²) in [5.41, 5.74) is 0.153. The van der Waals surface area contributed by atoms with Gasteiger partial charge in [-0.15, -0.1) is 0 Å². The summed E-state index contributed by atoms with van der Waals surface area (Å²) in [5, 5.41) is 9.53. The zero-order valence-corrected chi connectivity index (χ0v) is 11.1. The maximum Gasteiger partial charge on any atom is 0.354 e. The third-order valence-corrected chi connectivity index (χ3v) is 2.98. The van der Waals surface area contributed by atoms with Gasteiger partial charge in [-0.05, 0) is 19.1 Å². The van der Waals surface area contributed by atoms with Gasteiger partial charge in [-0.2, -0.15) is 0 Å². The highest BCUT2D eigenvalue weighted by Gasteiger charge is 2.14. The van der Waals surface area contributed by atoms with Crippen LogP contribution in [0.15, 0.2) is 30.5 Å². The monoisotopic (exact) mass is 280 g/mol. The van der Waals surface area contributed by atoms with Crippen LogP contribution in [0.5, 0.6) is 5.75 Å². The van der Waals surface area contributed by atoms with Gasteiger partial charge in [-0.25, -0.2) is 9.78 Å². The third-order valence-electron chi connectivity index (χ3n) is 2.67. The molecule has 0 saturated carbocycles. The molecule has 0 saturated heterocycles. The number of ether oxygens (including phenoxy) is 1. The summed E-state index contributed by atoms with van der Waals surface area (Å²) in [6.07, 6.45) is 1.33. The molecule has 0 aliphatic heterocycles. The summed E-state index contributed by atoms with van der Waals surface area (Å²) in [6.45, 7) is 2.54. The number of halogens is 1. The predicted octanol–water partition coefficient (Wildman–Crippen LogP) is 2.83. The second kappa shape index (κ2) is 5.75. The number of carboxylic acids is 1. The van der Waals surface area contributed by atoms with Gasteiger partial charge in [0.05, 0.1) is 11.2 Å². The summed E-state index contributed by atoms with van der Waals surface area (Å²) in [4.78, 5) is 15.1. The van der Waals surface area contributed by atoms with E-state index in [4.69, 9.17) is 21.4 Å². The van der Waals surface area contributed by atoms with E-state index in [2.05, 4.69) is 4.98 Å². The van der Waals surface area contributed by atoms with Crippen molar-refractivity contribution in [1.29, 1.82) is 0 Å². The minimum absolute atomic E-state index is 0.153. The topological polar surface area (TPSA) is 64.4 Å². The lowest BCUT2D eigenvalue weighted by Gasteiger charge is -2.09. The van der Waals surface area contributed by atoms with Crippen molar-refractivity contribution < 1.29 is 14.6 Å². The molecule has 1 N–H and O–H groups in total. The highest BCUT2D eigenvalue weighted by atomic mass is 35.5. The van der Waals surface area contributed by atoms with Crippen molar-refractivity contribution in [3.63, 3.8) is 0 Å². The van der Waals surface area contributed by atoms with Crippen molar-refractivity contribution >= 4 is 17.6 Å². The second-order valence-electron chi connectivity index (χ2n) is 3.83. The number of rotatable bonds is 5. The van der Waals surface area contributed by atoms with Gasteiger partial charge in [-0.1, -0.05) is 23.7 Å². The van der Waals surface area contributed by atoms with Crippen LogP contribution in [0.3, 0.4) is 0 Å². The molecule has 100 valence electrons. The first-order valence-electron chi connectivity index (χ1n) is 5.78. The summed E-state index contributed by atoms with van der Waals surface area (Å²) in [5.74, 6) is 0.102. The average molecular weight is 281 g/mol. The van der Waals surface area contributed by atoms with Crippen molar-refractivity contribution in [3.8, 4) is 5.75 Å². The molecule has 2 rings (SSSR count). The van der Waals surface area contributed by atoms with Crippen molar-refractivity contribution in [2.75, 3.05) is 0 Å². The van der Waals surface area contributed by atoms with E-state index < -0.39 is 5.97 Å². The maximum atomic E-state index is 11.0. The summed E-state index contributed by atoms with van der Waals surface area (Å²) < 4.78 is 7.15. The second-order valence-corrected chi connectivity index (χ2v) is 4.24. The van der Waals surface area contributed by atoms with Crippen LogP contribution >= 0.6 is 11.6 Å². The number of aromatic carboxylic acids is 1. The van der Waals surface area contributed by atoms with Crippen LogP contribution in [-0.4, -0.2) is 20.6 Å². The van der Waals surface area contributed by atoms with E-state index in [1.807, 2.05) is 19.1 Å². The molecule has 6 heteroatoms. The lowest BCUT2D eigenvalue weighted by Crippen LogP contribution is -2.12. The molecule has 0 radical (unpaired) electrons. The molecule has 0 atom stereocenters. The fourth-order valence-electron chi connectivity index (χ4n) is 1.76. The Morgan fingerprint density at radius 2 is 2.21 bits per heavy atom. The van der Waals surface area contributed by atoms with Crippen LogP contribution in [0.4, 0.5) is 0 Å². The van der Waals surface area contributed by atoms with E-state index in [0.29, 0.717) is 23.1 Å². The Labute approximate surface area is 115 Å². The largest absolute Gasteiger partial charge is 0.484 e. The molecule has 0 unspecified atom stereocenters. The number of aromatic nitrogens is 2. The molecule has 1 heterocycles. The molecule has 1 aromatic carbocycles. The lowest BCUT2D eigenvalue weighted by molar-refractivity contribution is 0.0684. The van der Waals surface area contributed by atoms with Crippen LogP contribution < -0.4 is 4.74 Å². The van der Waals surface area contributed by atoms with Crippen LogP contribution in [0.1, 0.15) is 23.2 Å². The highest BCUT2D eigenvalue weighted by Crippen LogP contribution is 2.24. The van der Waals surface area contributed by atoms with E-state index >= 15 is 0 Å². The molecule has 0 aliphatic rings. The molecular weight excluding hydrogens is 268 g/mol. The van der Waals surface area contributed by atoms with Gasteiger partial charge in [0.15, 0.2) is 0 Å². The van der Waals surface area contributed by atoms with Gasteiger partial charge in [0.25, 0.3) is 0 Å². The van der Waals surface area contributed by atoms with Crippen LogP contribution in [-0.2, 0) is 13.2 Å². The van der Waals surface area contributed by atoms with Crippen molar-refractivity contribution in [1.82, 2.24) is 9.55 Å². The van der Waals surface area contributed by atoms with Gasteiger partial charge < -0.3 is 14.4 Å². The Bertz CT molecular complexity index is 595. The number of benzene rings is 1. The number of hydrogen-bond donors (Lipinski definition) is 1. The van der Waals surface area contributed by atoms with Crippen molar-refractivity contribution in [2.24, 2.45) is 0 Å². The molecule has 1 aromatic heterocycles. The van der Waals surface area contributed by atoms with Gasteiger partial charge in [0.2, 0.25) is 0 Å². The molecule has 2 aromatic rings. The maximum absolute atomic E-state index is 11.0. The lowest BCUT2D eigenvalue weighted by atomic mass is 10.3. The minimum atomic E-state index is -1.00. The quantitative estimate of drug-likeness (QED) is 0.915. The summed E-state index contributed by atoms with van der Waals surface area (Å²) in [7, 11) is 0. The zero-order chi connectivity index (χ0) is 13.8. The first-order chi connectivity index (χ1) is 9.13. The Morgan fingerprint density at radius 3 is 2.84 bits per heavy atom. The fraction of sp³-hybridized carbons (Fsp3) is 0.231. The molecule has 5 nitrogen and oxygen atoms in total. The van der Waals surface area contributed by atoms with Gasteiger partial charge in [0, 0.05) is 6.54 Å². The van der Waals surface area contributed by atoms with Gasteiger partial charge in [0.1, 0.15) is 23.9 Å². The van der Waals surface area contributed by atoms with E-state index in [0.717, 1.165) is 0 Å². The molecule has 0 fully saturated rings. The third kappa shape index (κ3) is 2.88. The van der Waals surface area contributed by atoms with Crippen molar-refractivity contribution in [2.45, 2.75) is 20.1 Å². The van der Waals surface area contributed by atoms with E-state index in [9.17, 15) is 4.79 Å². The molecule has 0 amide bonds. The van der Waals surface area contributed by atoms with Crippen LogP contribution in [0, 0.1) is 0 Å². The smallest absolute Gasteiger partial charge is 0.354 e. The van der Waals surface area contributed by atoms with Crippen molar-refractivity contribution in [3.05, 3.63) is 47.0 Å². The highest BCUT2D eigenvalue weighted by molar-refractivity contribution is 6.32. The molecule has 0 spiro atoms. The van der Waals surface area contributed by atoms with Gasteiger partial charge in [-0.3, -0.25) is 0 Å². The molecular formula is C13H13ClN2O3. The summed E-state index contributed by atoms with van der Waals surface area (Å²) >= 11 is 5.97. The predicted molar refractivity (Wildman–Crippen MR) is 70.6 cm³/mol. The minimum Gasteiger partial charge on any atom is -0.484 e. The normalized spacial score (nSPS) is 10.4. The fourth-order valence-corrected chi connectivity index (χ4v) is 1.95. The number of hydrogen-bond acceptors (Lipinski definition) is 3. The number of carboxylic acid groups (broad SMARTS) is 1. The SMILES string of the molecule is CCn1c(C(=O)O)cnc1COc1ccccc1Cl. The number of nitrogens with zero attached hydrogens (tertiary/aromatic N) is 2. The Balaban J connectivity index is 2.16. The first-order valence-corrected chi connectivity index (χ1v) is 6.16. The molecule has 0 aliphatic carbocycles. The number of carbonyl (C=O) groups is 1. The van der Waals surface area contributed by atoms with E-state index in [1.165, 1.54) is 6.20 Å². The number of para-hydroxylation sites is 1. The zero-order valence-electron chi connectivity index (χ0n) is 10.3. The van der Waals surface area contributed by atoms with E-state index in [1.54, 1.807) is 16.7 Å².